The molecule has 0 heterocycles. The summed E-state index contributed by atoms with van der Waals surface area (Å²) in [7, 11) is 1.88. The lowest BCUT2D eigenvalue weighted by Crippen LogP contribution is -2.21. The molecule has 0 bridgehead atoms. The van der Waals surface area contributed by atoms with E-state index in [-0.39, 0.29) is 0 Å². The fourth-order valence-corrected chi connectivity index (χ4v) is 1.75. The Morgan fingerprint density at radius 1 is 1.47 bits per heavy atom. The van der Waals surface area contributed by atoms with Gasteiger partial charge in [0.25, 0.3) is 0 Å². The molecule has 0 amide bonds. The summed E-state index contributed by atoms with van der Waals surface area (Å²) in [6, 6.07) is 4.76. The molecule has 0 aliphatic heterocycles. The number of carbonyl (C=O) groups is 1. The number of carboxylic acid groups (broad SMARTS) is 1. The lowest BCUT2D eigenvalue weighted by atomic mass is 10.1. The number of aliphatic carboxylic acids is 1. The molecule has 0 saturated carbocycles. The zero-order valence-electron chi connectivity index (χ0n) is 11.6. The second kappa shape index (κ2) is 6.92. The average Bonchev–Trinajstić information content (AvgIpc) is 2.33. The van der Waals surface area contributed by atoms with Gasteiger partial charge in [-0.05, 0) is 30.5 Å². The standard InChI is InChI=1S/C15H20FNO2/c1-11(2)9-10-17(3)14-6-4-5-13(16)12(14)7-8-15(18)19/h4-8,11H,9-10H2,1-3H3,(H,18,19)/b8-7+. The van der Waals surface area contributed by atoms with Crippen molar-refractivity contribution in [2.24, 2.45) is 5.92 Å². The van der Waals surface area contributed by atoms with Gasteiger partial charge < -0.3 is 10.0 Å². The second-order valence-electron chi connectivity index (χ2n) is 4.95. The first-order valence-corrected chi connectivity index (χ1v) is 6.32. The number of benzene rings is 1. The molecule has 0 aliphatic rings. The third kappa shape index (κ3) is 4.73. The lowest BCUT2D eigenvalue weighted by molar-refractivity contribution is -0.131. The summed E-state index contributed by atoms with van der Waals surface area (Å²) in [6.07, 6.45) is 3.26. The maximum absolute atomic E-state index is 13.8. The Labute approximate surface area is 113 Å². The van der Waals surface area contributed by atoms with Crippen molar-refractivity contribution in [2.75, 3.05) is 18.5 Å². The van der Waals surface area contributed by atoms with Crippen LogP contribution in [0.4, 0.5) is 10.1 Å². The van der Waals surface area contributed by atoms with Crippen LogP contribution in [-0.2, 0) is 4.79 Å². The van der Waals surface area contributed by atoms with E-state index >= 15 is 0 Å². The number of hydrogen-bond acceptors (Lipinski definition) is 2. The number of nitrogens with zero attached hydrogens (tertiary/aromatic N) is 1. The van der Waals surface area contributed by atoms with Crippen LogP contribution in [0.3, 0.4) is 0 Å². The highest BCUT2D eigenvalue weighted by Crippen LogP contribution is 2.24. The van der Waals surface area contributed by atoms with Crippen LogP contribution in [0.15, 0.2) is 24.3 Å². The van der Waals surface area contributed by atoms with E-state index in [9.17, 15) is 9.18 Å². The summed E-state index contributed by atoms with van der Waals surface area (Å²) in [5.41, 5.74) is 1.02. The Bertz CT molecular complexity index is 469. The molecule has 1 aromatic carbocycles. The van der Waals surface area contributed by atoms with Gasteiger partial charge in [-0.15, -0.1) is 0 Å². The van der Waals surface area contributed by atoms with Crippen LogP contribution in [-0.4, -0.2) is 24.7 Å². The number of carboxylic acids is 1. The molecule has 0 fully saturated rings. The highest BCUT2D eigenvalue weighted by atomic mass is 19.1. The van der Waals surface area contributed by atoms with E-state index in [0.29, 0.717) is 17.2 Å². The highest BCUT2D eigenvalue weighted by molar-refractivity contribution is 5.87. The van der Waals surface area contributed by atoms with Crippen LogP contribution in [0, 0.1) is 11.7 Å². The maximum atomic E-state index is 13.8. The molecule has 0 aromatic heterocycles. The van der Waals surface area contributed by atoms with E-state index in [1.165, 1.54) is 12.1 Å². The molecule has 104 valence electrons. The lowest BCUT2D eigenvalue weighted by Gasteiger charge is -2.22. The van der Waals surface area contributed by atoms with Gasteiger partial charge in [-0.25, -0.2) is 9.18 Å². The Balaban J connectivity index is 2.99. The molecule has 0 saturated heterocycles. The van der Waals surface area contributed by atoms with E-state index in [1.807, 2.05) is 11.9 Å². The molecule has 1 aromatic rings. The van der Waals surface area contributed by atoms with Gasteiger partial charge in [0, 0.05) is 30.9 Å². The summed E-state index contributed by atoms with van der Waals surface area (Å²) in [5, 5.41) is 8.65. The van der Waals surface area contributed by atoms with Gasteiger partial charge in [0.2, 0.25) is 0 Å². The van der Waals surface area contributed by atoms with Crippen molar-refractivity contribution >= 4 is 17.7 Å². The van der Waals surface area contributed by atoms with Gasteiger partial charge in [0.05, 0.1) is 0 Å². The third-order valence-electron chi connectivity index (χ3n) is 2.88. The smallest absolute Gasteiger partial charge is 0.328 e. The molecule has 1 rings (SSSR count). The minimum Gasteiger partial charge on any atom is -0.478 e. The molecule has 19 heavy (non-hydrogen) atoms. The van der Waals surface area contributed by atoms with Crippen molar-refractivity contribution in [1.29, 1.82) is 0 Å². The van der Waals surface area contributed by atoms with Crippen molar-refractivity contribution < 1.29 is 14.3 Å². The minimum absolute atomic E-state index is 0.316. The predicted molar refractivity (Wildman–Crippen MR) is 75.8 cm³/mol. The number of hydrogen-bond donors (Lipinski definition) is 1. The van der Waals surface area contributed by atoms with Gasteiger partial charge in [-0.1, -0.05) is 19.9 Å². The van der Waals surface area contributed by atoms with Crippen molar-refractivity contribution in [2.45, 2.75) is 20.3 Å². The summed E-state index contributed by atoms with van der Waals surface area (Å²) in [5.74, 6) is -0.931. The Kier molecular flexibility index (Phi) is 5.55. The third-order valence-corrected chi connectivity index (χ3v) is 2.88. The van der Waals surface area contributed by atoms with E-state index in [2.05, 4.69) is 13.8 Å². The summed E-state index contributed by atoms with van der Waals surface area (Å²) in [6.45, 7) is 5.06. The number of halogens is 1. The Hall–Kier alpha value is -1.84. The van der Waals surface area contributed by atoms with Crippen LogP contribution in [0.5, 0.6) is 0 Å². The zero-order chi connectivity index (χ0) is 14.4. The van der Waals surface area contributed by atoms with E-state index in [0.717, 1.165) is 19.0 Å². The van der Waals surface area contributed by atoms with Crippen LogP contribution in [0.2, 0.25) is 0 Å². The first-order chi connectivity index (χ1) is 8.91. The van der Waals surface area contributed by atoms with Crippen LogP contribution >= 0.6 is 0 Å². The first-order valence-electron chi connectivity index (χ1n) is 6.32. The Morgan fingerprint density at radius 2 is 2.16 bits per heavy atom. The predicted octanol–water partition coefficient (Wildman–Crippen LogP) is 3.41. The maximum Gasteiger partial charge on any atom is 0.328 e. The molecular weight excluding hydrogens is 245 g/mol. The largest absolute Gasteiger partial charge is 0.478 e. The van der Waals surface area contributed by atoms with Crippen LogP contribution in [0.25, 0.3) is 6.08 Å². The first kappa shape index (κ1) is 15.2. The van der Waals surface area contributed by atoms with E-state index in [1.54, 1.807) is 12.1 Å². The SMILES string of the molecule is CC(C)CCN(C)c1cccc(F)c1/C=C/C(=O)O. The van der Waals surface area contributed by atoms with Crippen molar-refractivity contribution in [3.63, 3.8) is 0 Å². The van der Waals surface area contributed by atoms with Crippen molar-refractivity contribution in [1.82, 2.24) is 0 Å². The zero-order valence-corrected chi connectivity index (χ0v) is 11.6. The normalized spacial score (nSPS) is 11.2. The van der Waals surface area contributed by atoms with Gasteiger partial charge in [-0.2, -0.15) is 0 Å². The van der Waals surface area contributed by atoms with Crippen molar-refractivity contribution in [3.05, 3.63) is 35.7 Å². The highest BCUT2D eigenvalue weighted by Gasteiger charge is 2.10. The molecule has 4 heteroatoms. The van der Waals surface area contributed by atoms with Gasteiger partial charge >= 0.3 is 5.97 Å². The van der Waals surface area contributed by atoms with Crippen LogP contribution in [0.1, 0.15) is 25.8 Å². The molecule has 0 unspecified atom stereocenters. The average molecular weight is 265 g/mol. The molecule has 0 radical (unpaired) electrons. The van der Waals surface area contributed by atoms with Gasteiger partial charge in [-0.3, -0.25) is 0 Å². The van der Waals surface area contributed by atoms with Gasteiger partial charge in [0.1, 0.15) is 5.82 Å². The van der Waals surface area contributed by atoms with Crippen molar-refractivity contribution in [3.8, 4) is 0 Å². The molecule has 0 spiro atoms. The summed E-state index contributed by atoms with van der Waals surface area (Å²) in [4.78, 5) is 12.5. The topological polar surface area (TPSA) is 40.5 Å². The number of anilines is 1. The van der Waals surface area contributed by atoms with E-state index in [4.69, 9.17) is 5.11 Å². The van der Waals surface area contributed by atoms with Gasteiger partial charge in [0.15, 0.2) is 0 Å². The van der Waals surface area contributed by atoms with E-state index < -0.39 is 11.8 Å². The molecule has 1 N–H and O–H groups in total. The number of rotatable bonds is 6. The molecule has 0 atom stereocenters. The fourth-order valence-electron chi connectivity index (χ4n) is 1.75. The molecular formula is C15H20FNO2. The Morgan fingerprint density at radius 3 is 2.74 bits per heavy atom. The monoisotopic (exact) mass is 265 g/mol. The van der Waals surface area contributed by atoms with Crippen LogP contribution < -0.4 is 4.90 Å². The molecule has 0 aliphatic carbocycles. The fraction of sp³-hybridized carbons (Fsp3) is 0.400. The minimum atomic E-state index is -1.08. The summed E-state index contributed by atoms with van der Waals surface area (Å²) >= 11 is 0. The quantitative estimate of drug-likeness (QED) is 0.801. The second-order valence-corrected chi connectivity index (χ2v) is 4.95. The summed E-state index contributed by atoms with van der Waals surface area (Å²) < 4.78 is 13.8. The molecule has 3 nitrogen and oxygen atoms in total.